The van der Waals surface area contributed by atoms with Crippen molar-refractivity contribution in [3.63, 3.8) is 0 Å². The van der Waals surface area contributed by atoms with Crippen LogP contribution >= 0.6 is 0 Å². The number of phenols is 1. The van der Waals surface area contributed by atoms with Gasteiger partial charge in [0.25, 0.3) is 0 Å². The quantitative estimate of drug-likeness (QED) is 0.836. The lowest BCUT2D eigenvalue weighted by Gasteiger charge is -2.10. The van der Waals surface area contributed by atoms with Crippen LogP contribution in [0.2, 0.25) is 0 Å². The van der Waals surface area contributed by atoms with Gasteiger partial charge in [0.05, 0.1) is 6.61 Å². The molecule has 0 aliphatic heterocycles. The Kier molecular flexibility index (Phi) is 4.95. The molecular weight excluding hydrogens is 238 g/mol. The van der Waals surface area contributed by atoms with Crippen molar-refractivity contribution in [1.29, 1.82) is 0 Å². The molecule has 2 aromatic rings. The van der Waals surface area contributed by atoms with Crippen molar-refractivity contribution in [2.45, 2.75) is 19.7 Å². The third kappa shape index (κ3) is 3.81. The molecule has 2 N–H and O–H groups in total. The van der Waals surface area contributed by atoms with Gasteiger partial charge in [0.1, 0.15) is 5.75 Å². The van der Waals surface area contributed by atoms with Crippen LogP contribution in [0.4, 0.5) is 0 Å². The monoisotopic (exact) mass is 257 g/mol. The van der Waals surface area contributed by atoms with Gasteiger partial charge in [0, 0.05) is 25.8 Å². The maximum atomic E-state index is 9.69. The third-order valence-electron chi connectivity index (χ3n) is 3.04. The van der Waals surface area contributed by atoms with Crippen molar-refractivity contribution in [3.05, 3.63) is 65.2 Å². The molecule has 0 heterocycles. The largest absolute Gasteiger partial charge is 0.508 e. The molecule has 0 saturated carbocycles. The first-order valence-electron chi connectivity index (χ1n) is 6.34. The van der Waals surface area contributed by atoms with Crippen molar-refractivity contribution < 1.29 is 9.84 Å². The van der Waals surface area contributed by atoms with Crippen LogP contribution in [0.1, 0.15) is 16.7 Å². The molecule has 0 amide bonds. The van der Waals surface area contributed by atoms with Crippen LogP contribution in [0.5, 0.6) is 5.75 Å². The Morgan fingerprint density at radius 1 is 0.895 bits per heavy atom. The van der Waals surface area contributed by atoms with Crippen LogP contribution in [-0.4, -0.2) is 12.2 Å². The van der Waals surface area contributed by atoms with Crippen LogP contribution in [0, 0.1) is 0 Å². The normalized spacial score (nSPS) is 10.6. The van der Waals surface area contributed by atoms with E-state index in [9.17, 15) is 5.11 Å². The SMILES string of the molecule is COCc1ccccc1CNCc1ccccc1O. The Labute approximate surface area is 113 Å². The first kappa shape index (κ1) is 13.6. The predicted molar refractivity (Wildman–Crippen MR) is 75.8 cm³/mol. The van der Waals surface area contributed by atoms with Crippen molar-refractivity contribution in [3.8, 4) is 5.75 Å². The van der Waals surface area contributed by atoms with E-state index < -0.39 is 0 Å². The Bertz CT molecular complexity index is 526. The molecule has 0 fully saturated rings. The number of para-hydroxylation sites is 1. The van der Waals surface area contributed by atoms with Gasteiger partial charge in [-0.15, -0.1) is 0 Å². The van der Waals surface area contributed by atoms with Crippen molar-refractivity contribution in [1.82, 2.24) is 5.32 Å². The summed E-state index contributed by atoms with van der Waals surface area (Å²) in [7, 11) is 1.70. The highest BCUT2D eigenvalue weighted by Gasteiger charge is 2.02. The molecule has 2 rings (SSSR count). The highest BCUT2D eigenvalue weighted by atomic mass is 16.5. The first-order chi connectivity index (χ1) is 9.31. The topological polar surface area (TPSA) is 41.5 Å². The summed E-state index contributed by atoms with van der Waals surface area (Å²) in [6, 6.07) is 15.6. The number of hydrogen-bond donors (Lipinski definition) is 2. The summed E-state index contributed by atoms with van der Waals surface area (Å²) < 4.78 is 5.18. The number of aromatic hydroxyl groups is 1. The summed E-state index contributed by atoms with van der Waals surface area (Å²) >= 11 is 0. The summed E-state index contributed by atoms with van der Waals surface area (Å²) in [5.41, 5.74) is 3.32. The Morgan fingerprint density at radius 3 is 2.16 bits per heavy atom. The van der Waals surface area contributed by atoms with E-state index >= 15 is 0 Å². The molecule has 2 aromatic carbocycles. The second-order valence-corrected chi connectivity index (χ2v) is 4.43. The molecule has 19 heavy (non-hydrogen) atoms. The number of rotatable bonds is 6. The van der Waals surface area contributed by atoms with Gasteiger partial charge in [-0.3, -0.25) is 0 Å². The van der Waals surface area contributed by atoms with E-state index in [0.29, 0.717) is 18.9 Å². The average Bonchev–Trinajstić information content (AvgIpc) is 2.43. The van der Waals surface area contributed by atoms with Gasteiger partial charge in [-0.05, 0) is 17.2 Å². The minimum atomic E-state index is 0.333. The average molecular weight is 257 g/mol. The zero-order valence-corrected chi connectivity index (χ0v) is 11.1. The van der Waals surface area contributed by atoms with E-state index in [4.69, 9.17) is 4.74 Å². The van der Waals surface area contributed by atoms with Gasteiger partial charge in [0.2, 0.25) is 0 Å². The van der Waals surface area contributed by atoms with Gasteiger partial charge in [0.15, 0.2) is 0 Å². The van der Waals surface area contributed by atoms with Crippen LogP contribution < -0.4 is 5.32 Å². The molecule has 0 aliphatic carbocycles. The van der Waals surface area contributed by atoms with E-state index in [1.807, 2.05) is 30.3 Å². The zero-order valence-electron chi connectivity index (χ0n) is 11.1. The molecule has 0 spiro atoms. The molecule has 0 atom stereocenters. The number of nitrogens with one attached hydrogen (secondary N) is 1. The van der Waals surface area contributed by atoms with Gasteiger partial charge < -0.3 is 15.2 Å². The summed E-state index contributed by atoms with van der Waals surface area (Å²) in [6.07, 6.45) is 0. The van der Waals surface area contributed by atoms with Crippen LogP contribution in [0.15, 0.2) is 48.5 Å². The number of benzene rings is 2. The van der Waals surface area contributed by atoms with E-state index in [0.717, 1.165) is 12.1 Å². The Hall–Kier alpha value is -1.84. The first-order valence-corrected chi connectivity index (χ1v) is 6.34. The van der Waals surface area contributed by atoms with Gasteiger partial charge >= 0.3 is 0 Å². The molecule has 0 aromatic heterocycles. The minimum absolute atomic E-state index is 0.333. The summed E-state index contributed by atoms with van der Waals surface area (Å²) in [6.45, 7) is 2.02. The number of phenolic OH excluding ortho intramolecular Hbond substituents is 1. The van der Waals surface area contributed by atoms with Crippen LogP contribution in [0.3, 0.4) is 0 Å². The molecule has 0 bridgehead atoms. The number of ether oxygens (including phenoxy) is 1. The maximum Gasteiger partial charge on any atom is 0.120 e. The Morgan fingerprint density at radius 2 is 1.47 bits per heavy atom. The van der Waals surface area contributed by atoms with E-state index in [1.165, 1.54) is 11.1 Å². The van der Waals surface area contributed by atoms with Gasteiger partial charge in [-0.25, -0.2) is 0 Å². The van der Waals surface area contributed by atoms with Crippen molar-refractivity contribution in [2.24, 2.45) is 0 Å². The molecule has 3 heteroatoms. The van der Waals surface area contributed by atoms with Crippen molar-refractivity contribution in [2.75, 3.05) is 7.11 Å². The van der Waals surface area contributed by atoms with E-state index in [1.54, 1.807) is 13.2 Å². The van der Waals surface area contributed by atoms with Crippen LogP contribution in [-0.2, 0) is 24.4 Å². The zero-order chi connectivity index (χ0) is 13.5. The fourth-order valence-electron chi connectivity index (χ4n) is 2.02. The molecule has 3 nitrogen and oxygen atoms in total. The second kappa shape index (κ2) is 6.92. The summed E-state index contributed by atoms with van der Waals surface area (Å²) in [4.78, 5) is 0. The van der Waals surface area contributed by atoms with Crippen molar-refractivity contribution >= 4 is 0 Å². The smallest absolute Gasteiger partial charge is 0.120 e. The standard InChI is InChI=1S/C16H19NO2/c1-19-12-15-8-3-2-6-13(15)10-17-11-14-7-4-5-9-16(14)18/h2-9,17-18H,10-12H2,1H3. The van der Waals surface area contributed by atoms with Gasteiger partial charge in [-0.2, -0.15) is 0 Å². The molecule has 0 unspecified atom stereocenters. The van der Waals surface area contributed by atoms with Gasteiger partial charge in [-0.1, -0.05) is 42.5 Å². The molecular formula is C16H19NO2. The molecule has 0 radical (unpaired) electrons. The Balaban J connectivity index is 1.94. The fourth-order valence-corrected chi connectivity index (χ4v) is 2.02. The highest BCUT2D eigenvalue weighted by Crippen LogP contribution is 2.15. The fraction of sp³-hybridized carbons (Fsp3) is 0.250. The third-order valence-corrected chi connectivity index (χ3v) is 3.04. The maximum absolute atomic E-state index is 9.69. The highest BCUT2D eigenvalue weighted by molar-refractivity contribution is 5.32. The lowest BCUT2D eigenvalue weighted by Crippen LogP contribution is -2.14. The summed E-state index contributed by atoms with van der Waals surface area (Å²) in [5.74, 6) is 0.333. The summed E-state index contributed by atoms with van der Waals surface area (Å²) in [5, 5.41) is 13.0. The lowest BCUT2D eigenvalue weighted by molar-refractivity contribution is 0.184. The second-order valence-electron chi connectivity index (χ2n) is 4.43. The minimum Gasteiger partial charge on any atom is -0.508 e. The number of hydrogen-bond acceptors (Lipinski definition) is 3. The lowest BCUT2D eigenvalue weighted by atomic mass is 10.1. The molecule has 0 saturated heterocycles. The van der Waals surface area contributed by atoms with E-state index in [-0.39, 0.29) is 0 Å². The number of methoxy groups -OCH3 is 1. The molecule has 100 valence electrons. The van der Waals surface area contributed by atoms with Crippen LogP contribution in [0.25, 0.3) is 0 Å². The predicted octanol–water partition coefficient (Wildman–Crippen LogP) is 2.83. The van der Waals surface area contributed by atoms with E-state index in [2.05, 4.69) is 17.4 Å². The molecule has 0 aliphatic rings.